The molecule has 0 amide bonds. The van der Waals surface area contributed by atoms with E-state index < -0.39 is 0 Å². The summed E-state index contributed by atoms with van der Waals surface area (Å²) >= 11 is 0. The van der Waals surface area contributed by atoms with Crippen LogP contribution in [0.25, 0.3) is 10.9 Å². The maximum Gasteiger partial charge on any atom is 0.257 e. The number of pyridine rings is 1. The highest BCUT2D eigenvalue weighted by Crippen LogP contribution is 2.28. The molecule has 4 aromatic rings. The van der Waals surface area contributed by atoms with Crippen molar-refractivity contribution < 1.29 is 9.32 Å². The van der Waals surface area contributed by atoms with Crippen molar-refractivity contribution in [3.63, 3.8) is 0 Å². The molecule has 8 heteroatoms. The van der Waals surface area contributed by atoms with E-state index in [0.29, 0.717) is 25.7 Å². The Kier molecular flexibility index (Phi) is 5.38. The molecule has 1 aliphatic carbocycles. The monoisotopic (exact) mass is 419 g/mol. The SMILES string of the molecule is Cc1ccc2cc(C[NH+](Cc3ccco3)Cc3nnnn3C3CCCC3)c(=O)[nH]c2c1. The minimum atomic E-state index is -0.0505. The Morgan fingerprint density at radius 3 is 2.84 bits per heavy atom. The van der Waals surface area contributed by atoms with Crippen LogP contribution in [0.1, 0.15) is 54.4 Å². The molecule has 0 bridgehead atoms. The van der Waals surface area contributed by atoms with Gasteiger partial charge in [0.25, 0.3) is 5.56 Å². The van der Waals surface area contributed by atoms with Gasteiger partial charge in [-0.05, 0) is 65.4 Å². The highest BCUT2D eigenvalue weighted by molar-refractivity contribution is 5.79. The number of hydrogen-bond acceptors (Lipinski definition) is 5. The van der Waals surface area contributed by atoms with Crippen LogP contribution in [0.15, 0.2) is 51.9 Å². The number of nitrogens with zero attached hydrogens (tertiary/aromatic N) is 4. The number of fused-ring (bicyclic) bond motifs is 1. The number of quaternary nitrogens is 1. The third kappa shape index (κ3) is 4.29. The van der Waals surface area contributed by atoms with E-state index >= 15 is 0 Å². The lowest BCUT2D eigenvalue weighted by Crippen LogP contribution is -3.08. The van der Waals surface area contributed by atoms with E-state index in [1.807, 2.05) is 35.9 Å². The summed E-state index contributed by atoms with van der Waals surface area (Å²) in [6.45, 7) is 3.85. The molecule has 8 nitrogen and oxygen atoms in total. The Morgan fingerprint density at radius 1 is 1.16 bits per heavy atom. The first-order chi connectivity index (χ1) is 15.2. The molecular formula is C23H27N6O2+. The molecule has 1 aliphatic rings. The normalized spacial score (nSPS) is 15.6. The van der Waals surface area contributed by atoms with Gasteiger partial charge < -0.3 is 14.3 Å². The predicted octanol–water partition coefficient (Wildman–Crippen LogP) is 2.32. The van der Waals surface area contributed by atoms with Crippen LogP contribution in [0.3, 0.4) is 0 Å². The van der Waals surface area contributed by atoms with Gasteiger partial charge >= 0.3 is 0 Å². The largest absolute Gasteiger partial charge is 0.463 e. The van der Waals surface area contributed by atoms with E-state index in [1.54, 1.807) is 6.26 Å². The Balaban J connectivity index is 1.44. The van der Waals surface area contributed by atoms with Crippen LogP contribution < -0.4 is 10.5 Å². The van der Waals surface area contributed by atoms with Crippen LogP contribution >= 0.6 is 0 Å². The zero-order valence-electron chi connectivity index (χ0n) is 17.7. The highest BCUT2D eigenvalue weighted by Gasteiger charge is 2.25. The maximum atomic E-state index is 12.8. The van der Waals surface area contributed by atoms with Gasteiger partial charge in [0, 0.05) is 5.52 Å². The van der Waals surface area contributed by atoms with Crippen molar-refractivity contribution in [3.8, 4) is 0 Å². The fraction of sp³-hybridized carbons (Fsp3) is 0.391. The number of furan rings is 1. The van der Waals surface area contributed by atoms with Crippen molar-refractivity contribution >= 4 is 10.9 Å². The number of rotatable bonds is 7. The molecule has 0 saturated heterocycles. The topological polar surface area (TPSA) is 94.0 Å². The molecule has 0 spiro atoms. The lowest BCUT2D eigenvalue weighted by atomic mass is 10.1. The lowest BCUT2D eigenvalue weighted by Gasteiger charge is -2.19. The molecule has 0 aliphatic heterocycles. The van der Waals surface area contributed by atoms with Crippen molar-refractivity contribution in [2.24, 2.45) is 0 Å². The third-order valence-electron chi connectivity index (χ3n) is 6.16. The summed E-state index contributed by atoms with van der Waals surface area (Å²) in [6, 6.07) is 12.3. The molecule has 3 aromatic heterocycles. The first-order valence-electron chi connectivity index (χ1n) is 10.9. The minimum absolute atomic E-state index is 0.0505. The van der Waals surface area contributed by atoms with E-state index in [0.717, 1.165) is 51.4 Å². The summed E-state index contributed by atoms with van der Waals surface area (Å²) in [5.74, 6) is 1.74. The number of tetrazole rings is 1. The van der Waals surface area contributed by atoms with Crippen molar-refractivity contribution in [2.75, 3.05) is 0 Å². The maximum absolute atomic E-state index is 12.8. The molecular weight excluding hydrogens is 392 g/mol. The predicted molar refractivity (Wildman–Crippen MR) is 115 cm³/mol. The Hall–Kier alpha value is -3.26. The zero-order valence-corrected chi connectivity index (χ0v) is 17.7. The van der Waals surface area contributed by atoms with E-state index in [2.05, 4.69) is 32.6 Å². The fourth-order valence-corrected chi connectivity index (χ4v) is 4.59. The minimum Gasteiger partial charge on any atom is -0.463 e. The summed E-state index contributed by atoms with van der Waals surface area (Å²) in [5.41, 5.74) is 2.69. The van der Waals surface area contributed by atoms with Gasteiger partial charge in [-0.25, -0.2) is 4.68 Å². The second-order valence-electron chi connectivity index (χ2n) is 8.55. The molecule has 1 saturated carbocycles. The van der Waals surface area contributed by atoms with Crippen LogP contribution in [-0.2, 0) is 19.6 Å². The summed E-state index contributed by atoms with van der Waals surface area (Å²) in [6.07, 6.45) is 6.36. The zero-order chi connectivity index (χ0) is 21.2. The summed E-state index contributed by atoms with van der Waals surface area (Å²) in [5, 5.41) is 13.6. The van der Waals surface area contributed by atoms with Crippen LogP contribution in [0.2, 0.25) is 0 Å². The third-order valence-corrected chi connectivity index (χ3v) is 6.16. The molecule has 3 heterocycles. The quantitative estimate of drug-likeness (QED) is 0.479. The van der Waals surface area contributed by atoms with Crippen molar-refractivity contribution in [1.29, 1.82) is 0 Å². The Bertz CT molecular complexity index is 1220. The number of aryl methyl sites for hydroxylation is 1. The van der Waals surface area contributed by atoms with E-state index in [4.69, 9.17) is 4.42 Å². The Morgan fingerprint density at radius 2 is 2.03 bits per heavy atom. The molecule has 5 rings (SSSR count). The van der Waals surface area contributed by atoms with E-state index in [-0.39, 0.29) is 5.56 Å². The van der Waals surface area contributed by atoms with Gasteiger partial charge in [-0.15, -0.1) is 5.10 Å². The molecule has 160 valence electrons. The van der Waals surface area contributed by atoms with E-state index in [1.165, 1.54) is 12.8 Å². The Labute approximate surface area is 179 Å². The molecule has 1 unspecified atom stereocenters. The van der Waals surface area contributed by atoms with Gasteiger partial charge in [0.15, 0.2) is 5.76 Å². The van der Waals surface area contributed by atoms with Gasteiger partial charge in [-0.1, -0.05) is 25.0 Å². The van der Waals surface area contributed by atoms with Gasteiger partial charge in [-0.3, -0.25) is 4.79 Å². The number of aromatic nitrogens is 5. The molecule has 1 fully saturated rings. The molecule has 1 aromatic carbocycles. The van der Waals surface area contributed by atoms with Crippen LogP contribution in [0.4, 0.5) is 0 Å². The van der Waals surface area contributed by atoms with Crippen LogP contribution in [-0.4, -0.2) is 25.2 Å². The number of H-pyrrole nitrogens is 1. The molecule has 31 heavy (non-hydrogen) atoms. The molecule has 0 radical (unpaired) electrons. The van der Waals surface area contributed by atoms with Gasteiger partial charge in [0.05, 0.1) is 17.9 Å². The highest BCUT2D eigenvalue weighted by atomic mass is 16.3. The van der Waals surface area contributed by atoms with Crippen LogP contribution in [0, 0.1) is 6.92 Å². The fourth-order valence-electron chi connectivity index (χ4n) is 4.59. The second kappa shape index (κ2) is 8.47. The van der Waals surface area contributed by atoms with Gasteiger partial charge in [-0.2, -0.15) is 0 Å². The van der Waals surface area contributed by atoms with Crippen molar-refractivity contribution in [2.45, 2.75) is 58.3 Å². The van der Waals surface area contributed by atoms with Gasteiger partial charge in [0.1, 0.15) is 19.6 Å². The van der Waals surface area contributed by atoms with Crippen molar-refractivity contribution in [3.05, 3.63) is 75.7 Å². The summed E-state index contributed by atoms with van der Waals surface area (Å²) in [7, 11) is 0. The summed E-state index contributed by atoms with van der Waals surface area (Å²) < 4.78 is 7.59. The number of aromatic amines is 1. The molecule has 2 N–H and O–H groups in total. The standard InChI is InChI=1S/C23H26N6O2/c1-16-8-9-17-12-18(23(30)24-21(17)11-16)13-28(14-20-7-4-10-31-20)15-22-25-26-27-29(22)19-5-2-3-6-19/h4,7-12,19H,2-3,5-6,13-15H2,1H3,(H,24,30)/p+1. The summed E-state index contributed by atoms with van der Waals surface area (Å²) in [4.78, 5) is 17.0. The lowest BCUT2D eigenvalue weighted by molar-refractivity contribution is -0.942. The van der Waals surface area contributed by atoms with Gasteiger partial charge in [0.2, 0.25) is 5.82 Å². The first kappa shape index (κ1) is 19.7. The van der Waals surface area contributed by atoms with Crippen molar-refractivity contribution in [1.82, 2.24) is 25.2 Å². The number of hydrogen-bond donors (Lipinski definition) is 2. The number of nitrogens with one attached hydrogen (secondary N) is 2. The molecule has 1 atom stereocenters. The average Bonchev–Trinajstić information content (AvgIpc) is 3.51. The number of benzene rings is 1. The van der Waals surface area contributed by atoms with Crippen LogP contribution in [0.5, 0.6) is 0 Å². The second-order valence-corrected chi connectivity index (χ2v) is 8.55. The average molecular weight is 420 g/mol. The first-order valence-corrected chi connectivity index (χ1v) is 10.9. The smallest absolute Gasteiger partial charge is 0.257 e. The van der Waals surface area contributed by atoms with E-state index in [9.17, 15) is 4.79 Å².